The van der Waals surface area contributed by atoms with Crippen molar-refractivity contribution in [2.75, 3.05) is 38.8 Å². The fourth-order valence-electron chi connectivity index (χ4n) is 5.72. The number of rotatable bonds is 7. The lowest BCUT2D eigenvalue weighted by Gasteiger charge is -2.40. The molecule has 0 aromatic heterocycles. The van der Waals surface area contributed by atoms with Crippen molar-refractivity contribution in [3.63, 3.8) is 0 Å². The largest absolute Gasteiger partial charge is 0.497 e. The molecule has 0 radical (unpaired) electrons. The molecule has 0 saturated carbocycles. The first-order valence-corrected chi connectivity index (χ1v) is 12.9. The third-order valence-electron chi connectivity index (χ3n) is 7.89. The number of benzene rings is 3. The Hall–Kier alpha value is -3.64. The second-order valence-electron chi connectivity index (χ2n) is 10.1. The fraction of sp³-hybridized carbons (Fsp3) is 0.355. The summed E-state index contributed by atoms with van der Waals surface area (Å²) in [4.78, 5) is 29.6. The molecule has 0 unspecified atom stereocenters. The van der Waals surface area contributed by atoms with Gasteiger partial charge in [0.1, 0.15) is 5.75 Å². The molecule has 192 valence electrons. The molecule has 0 atom stereocenters. The van der Waals surface area contributed by atoms with Crippen LogP contribution in [0, 0.1) is 0 Å². The molecular weight excluding hydrogens is 464 g/mol. The molecule has 1 spiro atoms. The summed E-state index contributed by atoms with van der Waals surface area (Å²) in [6.07, 6.45) is 3.21. The van der Waals surface area contributed by atoms with E-state index in [1.165, 1.54) is 23.8 Å². The Labute approximate surface area is 218 Å². The van der Waals surface area contributed by atoms with Crippen LogP contribution in [0.25, 0.3) is 0 Å². The lowest BCUT2D eigenvalue weighted by Crippen LogP contribution is -2.45. The highest BCUT2D eigenvalue weighted by Crippen LogP contribution is 2.48. The van der Waals surface area contributed by atoms with E-state index in [2.05, 4.69) is 29.2 Å². The van der Waals surface area contributed by atoms with E-state index in [-0.39, 0.29) is 17.3 Å². The van der Waals surface area contributed by atoms with E-state index >= 15 is 0 Å². The molecule has 3 aromatic rings. The summed E-state index contributed by atoms with van der Waals surface area (Å²) in [6.45, 7) is 3.45. The monoisotopic (exact) mass is 498 g/mol. The van der Waals surface area contributed by atoms with Crippen LogP contribution in [0.5, 0.6) is 5.75 Å². The number of carbonyl (C=O) groups is 2. The molecule has 6 nitrogen and oxygen atoms in total. The van der Waals surface area contributed by atoms with Crippen LogP contribution < -0.4 is 9.64 Å². The zero-order valence-electron chi connectivity index (χ0n) is 21.6. The first kappa shape index (κ1) is 25.0. The normalized spacial score (nSPS) is 16.4. The van der Waals surface area contributed by atoms with Crippen molar-refractivity contribution >= 4 is 17.6 Å². The SMILES string of the molecule is COC(=O)c1ccc(CN2CCC3(CC2)CN(C(=O)CCc2ccccc2)c2ccc(OC)cc23)cc1. The van der Waals surface area contributed by atoms with E-state index in [0.29, 0.717) is 12.0 Å². The minimum Gasteiger partial charge on any atom is -0.497 e. The summed E-state index contributed by atoms with van der Waals surface area (Å²) >= 11 is 0. The highest BCUT2D eigenvalue weighted by Gasteiger charge is 2.46. The van der Waals surface area contributed by atoms with Crippen molar-refractivity contribution < 1.29 is 19.1 Å². The van der Waals surface area contributed by atoms with Gasteiger partial charge in [-0.25, -0.2) is 4.79 Å². The number of likely N-dealkylation sites (tertiary alicyclic amines) is 1. The molecule has 2 aliphatic rings. The number of aryl methyl sites for hydroxylation is 1. The van der Waals surface area contributed by atoms with E-state index < -0.39 is 0 Å². The van der Waals surface area contributed by atoms with Gasteiger partial charge in [0.05, 0.1) is 19.8 Å². The van der Waals surface area contributed by atoms with Crippen molar-refractivity contribution in [1.29, 1.82) is 0 Å². The second kappa shape index (κ2) is 10.8. The van der Waals surface area contributed by atoms with Gasteiger partial charge < -0.3 is 14.4 Å². The zero-order chi connectivity index (χ0) is 25.8. The van der Waals surface area contributed by atoms with Gasteiger partial charge in [-0.15, -0.1) is 0 Å². The van der Waals surface area contributed by atoms with Gasteiger partial charge >= 0.3 is 5.97 Å². The average molecular weight is 499 g/mol. The molecule has 1 fully saturated rings. The Morgan fingerprint density at radius 2 is 1.62 bits per heavy atom. The number of ether oxygens (including phenoxy) is 2. The molecule has 37 heavy (non-hydrogen) atoms. The van der Waals surface area contributed by atoms with Crippen LogP contribution in [0.15, 0.2) is 72.8 Å². The van der Waals surface area contributed by atoms with Crippen LogP contribution in [0.1, 0.15) is 46.3 Å². The van der Waals surface area contributed by atoms with Crippen molar-refractivity contribution in [1.82, 2.24) is 4.90 Å². The Balaban J connectivity index is 1.28. The van der Waals surface area contributed by atoms with Gasteiger partial charge in [-0.3, -0.25) is 9.69 Å². The molecule has 1 amide bonds. The smallest absolute Gasteiger partial charge is 0.337 e. The number of esters is 1. The Morgan fingerprint density at radius 1 is 0.892 bits per heavy atom. The maximum absolute atomic E-state index is 13.4. The number of anilines is 1. The van der Waals surface area contributed by atoms with E-state index in [9.17, 15) is 9.59 Å². The van der Waals surface area contributed by atoms with Crippen molar-refractivity contribution in [3.8, 4) is 5.75 Å². The second-order valence-corrected chi connectivity index (χ2v) is 10.1. The van der Waals surface area contributed by atoms with Gasteiger partial charge in [0.25, 0.3) is 0 Å². The Morgan fingerprint density at radius 3 is 2.30 bits per heavy atom. The number of piperidine rings is 1. The quantitative estimate of drug-likeness (QED) is 0.430. The first-order chi connectivity index (χ1) is 18.0. The van der Waals surface area contributed by atoms with Gasteiger partial charge in [-0.05, 0) is 79.4 Å². The number of amides is 1. The molecule has 3 aromatic carbocycles. The van der Waals surface area contributed by atoms with Gasteiger partial charge in [0.2, 0.25) is 5.91 Å². The predicted molar refractivity (Wildman–Crippen MR) is 144 cm³/mol. The third-order valence-corrected chi connectivity index (χ3v) is 7.89. The van der Waals surface area contributed by atoms with Crippen LogP contribution in [0.3, 0.4) is 0 Å². The van der Waals surface area contributed by atoms with E-state index in [4.69, 9.17) is 9.47 Å². The number of hydrogen-bond donors (Lipinski definition) is 0. The third kappa shape index (κ3) is 5.25. The van der Waals surface area contributed by atoms with Gasteiger partial charge in [-0.2, -0.15) is 0 Å². The summed E-state index contributed by atoms with van der Waals surface area (Å²) in [5.41, 5.74) is 5.14. The lowest BCUT2D eigenvalue weighted by molar-refractivity contribution is -0.118. The maximum Gasteiger partial charge on any atom is 0.337 e. The molecule has 0 aliphatic carbocycles. The van der Waals surface area contributed by atoms with Gasteiger partial charge in [-0.1, -0.05) is 42.5 Å². The molecule has 2 aliphatic heterocycles. The average Bonchev–Trinajstić information content (AvgIpc) is 3.26. The number of hydrogen-bond acceptors (Lipinski definition) is 5. The van der Waals surface area contributed by atoms with E-state index in [0.717, 1.165) is 56.9 Å². The Bertz CT molecular complexity index is 1250. The number of carbonyl (C=O) groups excluding carboxylic acids is 2. The molecule has 6 heteroatoms. The minimum atomic E-state index is -0.315. The fourth-order valence-corrected chi connectivity index (χ4v) is 5.72. The molecular formula is C31H34N2O4. The van der Waals surface area contributed by atoms with Crippen LogP contribution >= 0.6 is 0 Å². The maximum atomic E-state index is 13.4. The topological polar surface area (TPSA) is 59.1 Å². The van der Waals surface area contributed by atoms with Crippen LogP contribution in [0.2, 0.25) is 0 Å². The van der Waals surface area contributed by atoms with E-state index in [1.807, 2.05) is 53.4 Å². The first-order valence-electron chi connectivity index (χ1n) is 12.9. The predicted octanol–water partition coefficient (Wildman–Crippen LogP) is 5.00. The van der Waals surface area contributed by atoms with Crippen molar-refractivity contribution in [2.45, 2.75) is 37.6 Å². The van der Waals surface area contributed by atoms with Gasteiger partial charge in [0, 0.05) is 30.6 Å². The highest BCUT2D eigenvalue weighted by atomic mass is 16.5. The van der Waals surface area contributed by atoms with E-state index in [1.54, 1.807) is 7.11 Å². The Kier molecular flexibility index (Phi) is 7.28. The summed E-state index contributed by atoms with van der Waals surface area (Å²) in [5, 5.41) is 0. The van der Waals surface area contributed by atoms with Crippen molar-refractivity contribution in [3.05, 3.63) is 95.1 Å². The standard InChI is InChI=1S/C31H34N2O4/c1-36-26-13-14-28-27(20-26)31(22-33(28)29(34)15-10-23-6-4-3-5-7-23)16-18-32(19-17-31)21-24-8-11-25(12-9-24)30(35)37-2/h3-9,11-14,20H,10,15-19,21-22H2,1-2H3. The number of fused-ring (bicyclic) bond motifs is 2. The van der Waals surface area contributed by atoms with Crippen LogP contribution in [0.4, 0.5) is 5.69 Å². The van der Waals surface area contributed by atoms with Crippen molar-refractivity contribution in [2.24, 2.45) is 0 Å². The number of methoxy groups -OCH3 is 2. The number of nitrogens with zero attached hydrogens (tertiary/aromatic N) is 2. The molecule has 2 heterocycles. The molecule has 0 bridgehead atoms. The lowest BCUT2D eigenvalue weighted by atomic mass is 9.74. The van der Waals surface area contributed by atoms with Gasteiger partial charge in [0.15, 0.2) is 0 Å². The minimum absolute atomic E-state index is 0.0580. The molecule has 0 N–H and O–H groups in total. The zero-order valence-corrected chi connectivity index (χ0v) is 21.6. The molecule has 1 saturated heterocycles. The summed E-state index contributed by atoms with van der Waals surface area (Å²) in [5.74, 6) is 0.703. The molecule has 5 rings (SSSR count). The highest BCUT2D eigenvalue weighted by molar-refractivity contribution is 5.96. The summed E-state index contributed by atoms with van der Waals surface area (Å²) < 4.78 is 10.4. The summed E-state index contributed by atoms with van der Waals surface area (Å²) in [6, 6.07) is 24.0. The summed E-state index contributed by atoms with van der Waals surface area (Å²) in [7, 11) is 3.09. The van der Waals surface area contributed by atoms with Crippen LogP contribution in [-0.4, -0.2) is 50.6 Å². The van der Waals surface area contributed by atoms with Crippen LogP contribution in [-0.2, 0) is 27.9 Å².